The van der Waals surface area contributed by atoms with Crippen molar-refractivity contribution in [2.24, 2.45) is 0 Å². The van der Waals surface area contributed by atoms with Crippen LogP contribution in [0, 0.1) is 0 Å². The first kappa shape index (κ1) is 19.7. The van der Waals surface area contributed by atoms with Gasteiger partial charge in [0.15, 0.2) is 0 Å². The van der Waals surface area contributed by atoms with Crippen LogP contribution in [-0.2, 0) is 4.74 Å². The number of hydrogen-bond acceptors (Lipinski definition) is 3. The molecule has 5 heteroatoms. The number of carbonyl (C=O) groups excluding carboxylic acids is 1. The third-order valence-electron chi connectivity index (χ3n) is 3.49. The number of amides is 2. The van der Waals surface area contributed by atoms with E-state index in [4.69, 9.17) is 9.84 Å². The predicted octanol–water partition coefficient (Wildman–Crippen LogP) is 5.09. The summed E-state index contributed by atoms with van der Waals surface area (Å²) in [5.74, 6) is 0. The van der Waals surface area contributed by atoms with Crippen LogP contribution in [0.2, 0.25) is 0 Å². The molecule has 0 aliphatic carbocycles. The molecule has 0 aromatic heterocycles. The number of alkyl carbamates (subject to hydrolysis) is 1. The van der Waals surface area contributed by atoms with Crippen LogP contribution in [0.1, 0.15) is 84.5 Å². The molecule has 0 aliphatic rings. The fraction of sp³-hybridized carbons (Fsp3) is 0.875. The van der Waals surface area contributed by atoms with E-state index in [1.165, 1.54) is 25.7 Å². The van der Waals surface area contributed by atoms with Crippen LogP contribution in [0.15, 0.2) is 0 Å². The van der Waals surface area contributed by atoms with Crippen molar-refractivity contribution in [3.05, 3.63) is 0 Å². The van der Waals surface area contributed by atoms with Gasteiger partial charge in [0.2, 0.25) is 0 Å². The molecule has 0 spiro atoms. The molecular formula is C16H31NO4. The zero-order valence-electron chi connectivity index (χ0n) is 13.5. The van der Waals surface area contributed by atoms with E-state index < -0.39 is 12.2 Å². The summed E-state index contributed by atoms with van der Waals surface area (Å²) in [4.78, 5) is 21.8. The average Bonchev–Trinajstić information content (AvgIpc) is 2.41. The molecule has 0 saturated heterocycles. The minimum absolute atomic E-state index is 0.165. The van der Waals surface area contributed by atoms with Gasteiger partial charge in [-0.1, -0.05) is 58.8 Å². The van der Waals surface area contributed by atoms with Gasteiger partial charge in [-0.05, 0) is 25.7 Å². The molecule has 0 aromatic rings. The van der Waals surface area contributed by atoms with E-state index in [2.05, 4.69) is 13.8 Å². The van der Waals surface area contributed by atoms with Crippen molar-refractivity contribution >= 4 is 12.2 Å². The quantitative estimate of drug-likeness (QED) is 0.492. The average molecular weight is 301 g/mol. The number of nitrogens with one attached hydrogen (secondary N) is 1. The van der Waals surface area contributed by atoms with Crippen LogP contribution in [-0.4, -0.2) is 23.4 Å². The highest BCUT2D eigenvalue weighted by Gasteiger charge is 2.15. The summed E-state index contributed by atoms with van der Waals surface area (Å²) in [5, 5.41) is 10.2. The van der Waals surface area contributed by atoms with Crippen molar-refractivity contribution in [3.63, 3.8) is 0 Å². The number of carboxylic acid groups (broad SMARTS) is 1. The molecule has 1 atom stereocenters. The van der Waals surface area contributed by atoms with Crippen molar-refractivity contribution in [2.45, 2.75) is 90.6 Å². The Morgan fingerprint density at radius 2 is 1.38 bits per heavy atom. The van der Waals surface area contributed by atoms with Crippen LogP contribution >= 0.6 is 0 Å². The number of carbonyl (C=O) groups is 2. The molecule has 0 fully saturated rings. The molecule has 0 aromatic carbocycles. The molecular weight excluding hydrogens is 270 g/mol. The largest absolute Gasteiger partial charge is 0.465 e. The van der Waals surface area contributed by atoms with Crippen molar-refractivity contribution in [2.75, 3.05) is 0 Å². The van der Waals surface area contributed by atoms with Gasteiger partial charge in [0.25, 0.3) is 0 Å². The van der Waals surface area contributed by atoms with Gasteiger partial charge in [-0.15, -0.1) is 0 Å². The lowest BCUT2D eigenvalue weighted by Crippen LogP contribution is -2.32. The second kappa shape index (κ2) is 13.7. The number of unbranched alkanes of at least 4 members (excludes halogenated alkanes) is 7. The van der Waals surface area contributed by atoms with Crippen LogP contribution in [0.5, 0.6) is 0 Å². The fourth-order valence-corrected chi connectivity index (χ4v) is 2.30. The van der Waals surface area contributed by atoms with Gasteiger partial charge in [-0.2, -0.15) is 0 Å². The smallest absolute Gasteiger partial charge is 0.416 e. The Bertz CT molecular complexity index is 281. The van der Waals surface area contributed by atoms with Gasteiger partial charge < -0.3 is 9.84 Å². The summed E-state index contributed by atoms with van der Waals surface area (Å²) >= 11 is 0. The van der Waals surface area contributed by atoms with E-state index in [1.807, 2.05) is 0 Å². The third-order valence-corrected chi connectivity index (χ3v) is 3.49. The lowest BCUT2D eigenvalue weighted by atomic mass is 10.0. The Labute approximate surface area is 128 Å². The highest BCUT2D eigenvalue weighted by molar-refractivity contribution is 5.86. The summed E-state index contributed by atoms with van der Waals surface area (Å²) in [6.07, 6.45) is 9.65. The Balaban J connectivity index is 3.95. The highest BCUT2D eigenvalue weighted by Crippen LogP contribution is 2.15. The molecule has 0 bridgehead atoms. The van der Waals surface area contributed by atoms with Gasteiger partial charge in [-0.3, -0.25) is 0 Å². The normalized spacial score (nSPS) is 11.9. The van der Waals surface area contributed by atoms with E-state index in [9.17, 15) is 9.59 Å². The summed E-state index contributed by atoms with van der Waals surface area (Å²) < 4.78 is 5.20. The first-order valence-electron chi connectivity index (χ1n) is 8.30. The zero-order valence-corrected chi connectivity index (χ0v) is 13.5. The van der Waals surface area contributed by atoms with Gasteiger partial charge in [-0.25, -0.2) is 14.9 Å². The minimum Gasteiger partial charge on any atom is -0.465 e. The Morgan fingerprint density at radius 1 is 0.905 bits per heavy atom. The van der Waals surface area contributed by atoms with Crippen LogP contribution in [0.25, 0.3) is 0 Å². The first-order valence-corrected chi connectivity index (χ1v) is 8.30. The Kier molecular flexibility index (Phi) is 12.9. The van der Waals surface area contributed by atoms with Gasteiger partial charge in [0.05, 0.1) is 0 Å². The molecule has 1 unspecified atom stereocenters. The van der Waals surface area contributed by atoms with E-state index >= 15 is 0 Å². The lowest BCUT2D eigenvalue weighted by molar-refractivity contribution is 0.0836. The Morgan fingerprint density at radius 3 is 1.95 bits per heavy atom. The fourth-order valence-electron chi connectivity index (χ4n) is 2.30. The third kappa shape index (κ3) is 13.5. The zero-order chi connectivity index (χ0) is 15.9. The molecule has 0 radical (unpaired) electrons. The summed E-state index contributed by atoms with van der Waals surface area (Å²) in [7, 11) is 0. The SMILES string of the molecule is CCCCCCCCC(CCCCC)OC(=O)NC(=O)O. The van der Waals surface area contributed by atoms with E-state index in [0.717, 1.165) is 44.9 Å². The second-order valence-corrected chi connectivity index (χ2v) is 5.51. The van der Waals surface area contributed by atoms with Gasteiger partial charge in [0.1, 0.15) is 6.10 Å². The molecule has 124 valence electrons. The molecule has 0 heterocycles. The van der Waals surface area contributed by atoms with Crippen molar-refractivity contribution in [1.29, 1.82) is 0 Å². The van der Waals surface area contributed by atoms with E-state index in [1.54, 1.807) is 5.32 Å². The monoisotopic (exact) mass is 301 g/mol. The maximum atomic E-state index is 11.4. The topological polar surface area (TPSA) is 75.6 Å². The summed E-state index contributed by atoms with van der Waals surface area (Å²) in [6.45, 7) is 4.32. The molecule has 5 nitrogen and oxygen atoms in total. The second-order valence-electron chi connectivity index (χ2n) is 5.51. The number of ether oxygens (including phenoxy) is 1. The van der Waals surface area contributed by atoms with Gasteiger partial charge in [0, 0.05) is 0 Å². The molecule has 0 aliphatic heterocycles. The highest BCUT2D eigenvalue weighted by atomic mass is 16.6. The molecule has 0 saturated carbocycles. The maximum Gasteiger partial charge on any atom is 0.416 e. The van der Waals surface area contributed by atoms with Crippen molar-refractivity contribution in [3.8, 4) is 0 Å². The van der Waals surface area contributed by atoms with Crippen molar-refractivity contribution in [1.82, 2.24) is 5.32 Å². The number of hydrogen-bond donors (Lipinski definition) is 2. The summed E-state index contributed by atoms with van der Waals surface area (Å²) in [5.41, 5.74) is 0. The van der Waals surface area contributed by atoms with Gasteiger partial charge >= 0.3 is 12.2 Å². The first-order chi connectivity index (χ1) is 10.1. The lowest BCUT2D eigenvalue weighted by Gasteiger charge is -2.17. The van der Waals surface area contributed by atoms with Crippen molar-refractivity contribution < 1.29 is 19.4 Å². The predicted molar refractivity (Wildman–Crippen MR) is 83.6 cm³/mol. The number of imide groups is 1. The molecule has 2 amide bonds. The van der Waals surface area contributed by atoms with Crippen LogP contribution < -0.4 is 5.32 Å². The molecule has 21 heavy (non-hydrogen) atoms. The van der Waals surface area contributed by atoms with E-state index in [0.29, 0.717) is 0 Å². The Hall–Kier alpha value is -1.26. The van der Waals surface area contributed by atoms with Crippen LogP contribution in [0.4, 0.5) is 9.59 Å². The standard InChI is InChI=1S/C16H31NO4/c1-3-5-7-8-9-11-13-14(12-10-6-4-2)21-16(20)17-15(18)19/h14H,3-13H2,1-2H3,(H,17,20)(H,18,19). The van der Waals surface area contributed by atoms with E-state index in [-0.39, 0.29) is 6.10 Å². The van der Waals surface area contributed by atoms with Crippen LogP contribution in [0.3, 0.4) is 0 Å². The molecule has 0 rings (SSSR count). The maximum absolute atomic E-state index is 11.4. The number of rotatable bonds is 12. The summed E-state index contributed by atoms with van der Waals surface area (Å²) in [6, 6.07) is 0. The minimum atomic E-state index is -1.37. The molecule has 2 N–H and O–H groups in total.